The lowest BCUT2D eigenvalue weighted by molar-refractivity contribution is -0.0222. The van der Waals surface area contributed by atoms with E-state index in [2.05, 4.69) is 4.98 Å². The van der Waals surface area contributed by atoms with E-state index in [0.717, 1.165) is 0 Å². The van der Waals surface area contributed by atoms with Crippen molar-refractivity contribution in [3.8, 4) is 5.75 Å². The summed E-state index contributed by atoms with van der Waals surface area (Å²) in [6.07, 6.45) is 1.20. The minimum Gasteiger partial charge on any atom is -0.493 e. The molecule has 2 N–H and O–H groups in total. The summed E-state index contributed by atoms with van der Waals surface area (Å²) in [6, 6.07) is 1.65. The Kier molecular flexibility index (Phi) is 3.04. The van der Waals surface area contributed by atoms with Gasteiger partial charge in [-0.15, -0.1) is 0 Å². The molecular weight excluding hydrogens is 228 g/mol. The van der Waals surface area contributed by atoms with Gasteiger partial charge in [0, 0.05) is 32.0 Å². The predicted molar refractivity (Wildman–Crippen MR) is 61.6 cm³/mol. The number of hydrogen-bond donors (Lipinski definition) is 1. The molecule has 1 aliphatic heterocycles. The van der Waals surface area contributed by atoms with Crippen molar-refractivity contribution in [3.05, 3.63) is 12.3 Å². The van der Waals surface area contributed by atoms with E-state index in [0.29, 0.717) is 17.3 Å². The van der Waals surface area contributed by atoms with Crippen LogP contribution in [0.25, 0.3) is 0 Å². The van der Waals surface area contributed by atoms with Gasteiger partial charge < -0.3 is 15.4 Å². The molecule has 0 aromatic carbocycles. The molecule has 17 heavy (non-hydrogen) atoms. The molecule has 0 bridgehead atoms. The van der Waals surface area contributed by atoms with Crippen LogP contribution in [0.2, 0.25) is 0 Å². The number of methoxy groups -OCH3 is 1. The second-order valence-corrected chi connectivity index (χ2v) is 4.14. The maximum absolute atomic E-state index is 13.0. The van der Waals surface area contributed by atoms with E-state index >= 15 is 0 Å². The number of aromatic nitrogens is 1. The number of hydrogen-bond acceptors (Lipinski definition) is 4. The molecule has 6 heteroatoms. The Balaban J connectivity index is 2.18. The van der Waals surface area contributed by atoms with Crippen molar-refractivity contribution in [1.82, 2.24) is 4.98 Å². The first-order valence-corrected chi connectivity index (χ1v) is 5.44. The fourth-order valence-electron chi connectivity index (χ4n) is 1.89. The average molecular weight is 243 g/mol. The van der Waals surface area contributed by atoms with Crippen molar-refractivity contribution >= 4 is 11.5 Å². The molecular formula is C11H15F2N3O. The molecule has 0 aliphatic carbocycles. The van der Waals surface area contributed by atoms with E-state index in [1.807, 2.05) is 0 Å². The number of ether oxygens (including phenoxy) is 1. The first kappa shape index (κ1) is 11.9. The monoisotopic (exact) mass is 243 g/mol. The van der Waals surface area contributed by atoms with Crippen LogP contribution in [0.5, 0.6) is 5.75 Å². The van der Waals surface area contributed by atoms with Gasteiger partial charge in [-0.25, -0.2) is 13.8 Å². The topological polar surface area (TPSA) is 51.4 Å². The molecule has 0 atom stereocenters. The van der Waals surface area contributed by atoms with Crippen LogP contribution >= 0.6 is 0 Å². The molecule has 1 aromatic heterocycles. The van der Waals surface area contributed by atoms with Crippen molar-refractivity contribution in [2.75, 3.05) is 30.8 Å². The van der Waals surface area contributed by atoms with Crippen molar-refractivity contribution in [1.29, 1.82) is 0 Å². The Bertz CT molecular complexity index is 402. The maximum Gasteiger partial charge on any atom is 0.251 e. The van der Waals surface area contributed by atoms with Crippen LogP contribution in [0.3, 0.4) is 0 Å². The standard InChI is InChI=1S/C11H15F2N3O/c1-17-9-6-8(14)7-15-10(9)16-4-2-11(12,13)3-5-16/h6-7H,2-5,14H2,1H3. The van der Waals surface area contributed by atoms with Crippen LogP contribution in [-0.2, 0) is 0 Å². The quantitative estimate of drug-likeness (QED) is 0.862. The van der Waals surface area contributed by atoms with E-state index in [4.69, 9.17) is 10.5 Å². The highest BCUT2D eigenvalue weighted by molar-refractivity contribution is 5.58. The highest BCUT2D eigenvalue weighted by Crippen LogP contribution is 2.34. The van der Waals surface area contributed by atoms with E-state index < -0.39 is 5.92 Å². The number of nitrogens with zero attached hydrogens (tertiary/aromatic N) is 2. The predicted octanol–water partition coefficient (Wildman–Crippen LogP) is 1.91. The Morgan fingerprint density at radius 1 is 1.41 bits per heavy atom. The third kappa shape index (κ3) is 2.57. The number of nitrogens with two attached hydrogens (primary N) is 1. The Morgan fingerprint density at radius 3 is 2.65 bits per heavy atom. The van der Waals surface area contributed by atoms with Crippen LogP contribution in [-0.4, -0.2) is 31.1 Å². The Labute approximate surface area is 98.4 Å². The van der Waals surface area contributed by atoms with Crippen LogP contribution < -0.4 is 15.4 Å². The smallest absolute Gasteiger partial charge is 0.251 e. The lowest BCUT2D eigenvalue weighted by atomic mass is 10.1. The molecule has 2 heterocycles. The summed E-state index contributed by atoms with van der Waals surface area (Å²) in [7, 11) is 1.51. The molecule has 1 aliphatic rings. The minimum atomic E-state index is -2.56. The summed E-state index contributed by atoms with van der Waals surface area (Å²) in [5, 5.41) is 0. The molecule has 0 radical (unpaired) electrons. The number of rotatable bonds is 2. The van der Waals surface area contributed by atoms with E-state index in [9.17, 15) is 8.78 Å². The van der Waals surface area contributed by atoms with Gasteiger partial charge in [0.05, 0.1) is 19.0 Å². The number of anilines is 2. The fourth-order valence-corrected chi connectivity index (χ4v) is 1.89. The van der Waals surface area contributed by atoms with Gasteiger partial charge in [0.2, 0.25) is 0 Å². The molecule has 1 saturated heterocycles. The number of piperidine rings is 1. The third-order valence-corrected chi connectivity index (χ3v) is 2.87. The van der Waals surface area contributed by atoms with Gasteiger partial charge in [-0.3, -0.25) is 0 Å². The van der Waals surface area contributed by atoms with Gasteiger partial charge in [-0.2, -0.15) is 0 Å². The minimum absolute atomic E-state index is 0.151. The highest BCUT2D eigenvalue weighted by atomic mass is 19.3. The average Bonchev–Trinajstić information content (AvgIpc) is 2.29. The van der Waals surface area contributed by atoms with E-state index in [-0.39, 0.29) is 25.9 Å². The zero-order valence-corrected chi connectivity index (χ0v) is 9.62. The summed E-state index contributed by atoms with van der Waals surface area (Å²) in [4.78, 5) is 5.95. The van der Waals surface area contributed by atoms with Gasteiger partial charge in [-0.1, -0.05) is 0 Å². The normalized spacial score (nSPS) is 19.1. The number of alkyl halides is 2. The molecule has 0 spiro atoms. The SMILES string of the molecule is COc1cc(N)cnc1N1CCC(F)(F)CC1. The Hall–Kier alpha value is -1.59. The molecule has 4 nitrogen and oxygen atoms in total. The summed E-state index contributed by atoms with van der Waals surface area (Å²) < 4.78 is 31.2. The number of nitrogen functional groups attached to an aromatic ring is 1. The lowest BCUT2D eigenvalue weighted by Crippen LogP contribution is -2.39. The fraction of sp³-hybridized carbons (Fsp3) is 0.545. The van der Waals surface area contributed by atoms with E-state index in [1.165, 1.54) is 13.3 Å². The van der Waals surface area contributed by atoms with Crippen LogP contribution in [0, 0.1) is 0 Å². The van der Waals surface area contributed by atoms with E-state index in [1.54, 1.807) is 11.0 Å². The van der Waals surface area contributed by atoms with Gasteiger partial charge >= 0.3 is 0 Å². The molecule has 0 saturated carbocycles. The molecule has 0 amide bonds. The molecule has 2 rings (SSSR count). The summed E-state index contributed by atoms with van der Waals surface area (Å²) in [6.45, 7) is 0.556. The molecule has 1 aromatic rings. The largest absolute Gasteiger partial charge is 0.493 e. The van der Waals surface area contributed by atoms with Gasteiger partial charge in [0.1, 0.15) is 0 Å². The molecule has 0 unspecified atom stereocenters. The number of pyridine rings is 1. The second kappa shape index (κ2) is 4.35. The molecule has 1 fully saturated rings. The van der Waals surface area contributed by atoms with Gasteiger partial charge in [0.25, 0.3) is 5.92 Å². The number of halogens is 2. The van der Waals surface area contributed by atoms with Crippen molar-refractivity contribution < 1.29 is 13.5 Å². The lowest BCUT2D eigenvalue weighted by Gasteiger charge is -2.33. The Morgan fingerprint density at radius 2 is 2.06 bits per heavy atom. The van der Waals surface area contributed by atoms with Crippen molar-refractivity contribution in [2.24, 2.45) is 0 Å². The first-order chi connectivity index (χ1) is 8.02. The third-order valence-electron chi connectivity index (χ3n) is 2.87. The maximum atomic E-state index is 13.0. The zero-order chi connectivity index (χ0) is 12.5. The summed E-state index contributed by atoms with van der Waals surface area (Å²) >= 11 is 0. The highest BCUT2D eigenvalue weighted by Gasteiger charge is 2.35. The summed E-state index contributed by atoms with van der Waals surface area (Å²) in [5.41, 5.74) is 6.09. The molecule has 94 valence electrons. The zero-order valence-electron chi connectivity index (χ0n) is 9.62. The van der Waals surface area contributed by atoms with Crippen molar-refractivity contribution in [3.63, 3.8) is 0 Å². The van der Waals surface area contributed by atoms with Crippen molar-refractivity contribution in [2.45, 2.75) is 18.8 Å². The van der Waals surface area contributed by atoms with Gasteiger partial charge in [-0.05, 0) is 0 Å². The van der Waals surface area contributed by atoms with Crippen LogP contribution in [0.1, 0.15) is 12.8 Å². The summed E-state index contributed by atoms with van der Waals surface area (Å²) in [5.74, 6) is -1.45. The second-order valence-electron chi connectivity index (χ2n) is 4.14. The van der Waals surface area contributed by atoms with Crippen LogP contribution in [0.4, 0.5) is 20.3 Å². The first-order valence-electron chi connectivity index (χ1n) is 5.44. The van der Waals surface area contributed by atoms with Crippen LogP contribution in [0.15, 0.2) is 12.3 Å². The van der Waals surface area contributed by atoms with Gasteiger partial charge in [0.15, 0.2) is 11.6 Å².